The fourth-order valence-electron chi connectivity index (χ4n) is 4.95. The molecule has 0 aromatic heterocycles. The van der Waals surface area contributed by atoms with Crippen molar-refractivity contribution < 1.29 is 34.1 Å². The highest BCUT2D eigenvalue weighted by Gasteiger charge is 2.19. The molecule has 0 aliphatic carbocycles. The lowest BCUT2D eigenvalue weighted by Gasteiger charge is -2.18. The molecule has 2 atom stereocenters. The van der Waals surface area contributed by atoms with E-state index in [0.29, 0.717) is 12.8 Å². The first-order valence-corrected chi connectivity index (χ1v) is 16.9. The van der Waals surface area contributed by atoms with E-state index in [1.54, 1.807) is 0 Å². The average Bonchev–Trinajstić information content (AvgIpc) is 2.96. The molecule has 9 heteroatoms. The van der Waals surface area contributed by atoms with Crippen LogP contribution in [-0.2, 0) is 23.9 Å². The van der Waals surface area contributed by atoms with Gasteiger partial charge in [-0.1, -0.05) is 110 Å². The Balaban J connectivity index is 3.99. The van der Waals surface area contributed by atoms with E-state index in [-0.39, 0.29) is 30.9 Å². The summed E-state index contributed by atoms with van der Waals surface area (Å²) in [5, 5.41) is 22.4. The summed E-state index contributed by atoms with van der Waals surface area (Å²) in [5.74, 6) is -2.39. The van der Waals surface area contributed by atoms with Crippen LogP contribution in [0.3, 0.4) is 0 Å². The number of nitrogens with one attached hydrogen (secondary N) is 2. The number of carbonyl (C=O) groups excluding carboxylic acids is 3. The van der Waals surface area contributed by atoms with E-state index in [1.165, 1.54) is 70.6 Å². The highest BCUT2D eigenvalue weighted by atomic mass is 16.5. The van der Waals surface area contributed by atoms with E-state index in [2.05, 4.69) is 24.5 Å². The zero-order chi connectivity index (χ0) is 31.3. The van der Waals surface area contributed by atoms with Gasteiger partial charge in [-0.3, -0.25) is 14.4 Å². The minimum Gasteiger partial charge on any atom is -0.480 e. The lowest BCUT2D eigenvalue weighted by Crippen LogP contribution is -2.47. The predicted octanol–water partition coefficient (Wildman–Crippen LogP) is 6.59. The summed E-state index contributed by atoms with van der Waals surface area (Å²) in [7, 11) is 0. The standard InChI is InChI=1S/C33H62N2O7/c1-3-5-7-8-9-10-11-12-13-14-15-16-21-25-32(39)42-28(22-18-6-4-2)23-19-17-20-24-30(37)34-26-31(38)35-29(27-36)33(40)41/h28-29,36H,3-27H2,1-2H3,(H,34,37)(H,35,38)(H,40,41). The van der Waals surface area contributed by atoms with E-state index >= 15 is 0 Å². The molecule has 0 heterocycles. The highest BCUT2D eigenvalue weighted by molar-refractivity contribution is 5.87. The van der Waals surface area contributed by atoms with Gasteiger partial charge in [0.15, 0.2) is 0 Å². The quantitative estimate of drug-likeness (QED) is 0.0540. The number of hydrogen-bond acceptors (Lipinski definition) is 6. The van der Waals surface area contributed by atoms with Crippen molar-refractivity contribution in [3.63, 3.8) is 0 Å². The second kappa shape index (κ2) is 28.9. The van der Waals surface area contributed by atoms with Gasteiger partial charge in [0, 0.05) is 12.8 Å². The van der Waals surface area contributed by atoms with Gasteiger partial charge in [0.2, 0.25) is 11.8 Å². The van der Waals surface area contributed by atoms with Gasteiger partial charge < -0.3 is 25.6 Å². The Morgan fingerprint density at radius 3 is 1.60 bits per heavy atom. The maximum Gasteiger partial charge on any atom is 0.328 e. The molecule has 0 aromatic rings. The van der Waals surface area contributed by atoms with Gasteiger partial charge in [-0.2, -0.15) is 0 Å². The molecule has 9 nitrogen and oxygen atoms in total. The molecule has 0 spiro atoms. The first-order valence-electron chi connectivity index (χ1n) is 16.9. The molecule has 0 aromatic carbocycles. The van der Waals surface area contributed by atoms with Gasteiger partial charge in [-0.15, -0.1) is 0 Å². The third-order valence-corrected chi connectivity index (χ3v) is 7.60. The van der Waals surface area contributed by atoms with E-state index in [4.69, 9.17) is 14.9 Å². The van der Waals surface area contributed by atoms with Crippen LogP contribution in [0.4, 0.5) is 0 Å². The largest absolute Gasteiger partial charge is 0.480 e. The highest BCUT2D eigenvalue weighted by Crippen LogP contribution is 2.17. The SMILES string of the molecule is CCCCCCCCCCCCCCCC(=O)OC(CCCCC)CCCCCC(=O)NCC(=O)NC(CO)C(=O)O. The second-order valence-electron chi connectivity index (χ2n) is 11.6. The minimum absolute atomic E-state index is 0.0720. The van der Waals surface area contributed by atoms with Gasteiger partial charge in [-0.05, 0) is 38.5 Å². The Kier molecular flexibility index (Phi) is 27.4. The van der Waals surface area contributed by atoms with Crippen molar-refractivity contribution in [1.29, 1.82) is 0 Å². The van der Waals surface area contributed by atoms with Crippen LogP contribution in [0.5, 0.6) is 0 Å². The third-order valence-electron chi connectivity index (χ3n) is 7.60. The summed E-state index contributed by atoms with van der Waals surface area (Å²) in [6.45, 7) is 3.35. The molecule has 246 valence electrons. The molecule has 0 rings (SSSR count). The lowest BCUT2D eigenvalue weighted by atomic mass is 10.0. The van der Waals surface area contributed by atoms with E-state index in [9.17, 15) is 19.2 Å². The molecule has 4 N–H and O–H groups in total. The van der Waals surface area contributed by atoms with Crippen LogP contribution in [0.15, 0.2) is 0 Å². The number of amides is 2. The number of carbonyl (C=O) groups is 4. The summed E-state index contributed by atoms with van der Waals surface area (Å²) in [4.78, 5) is 47.0. The molecule has 42 heavy (non-hydrogen) atoms. The van der Waals surface area contributed by atoms with E-state index < -0.39 is 24.5 Å². The number of unbranched alkanes of at least 4 members (excludes halogenated alkanes) is 16. The van der Waals surface area contributed by atoms with Crippen LogP contribution in [0.2, 0.25) is 0 Å². The van der Waals surface area contributed by atoms with Crippen LogP contribution >= 0.6 is 0 Å². The van der Waals surface area contributed by atoms with Crippen LogP contribution < -0.4 is 10.6 Å². The predicted molar refractivity (Wildman–Crippen MR) is 167 cm³/mol. The van der Waals surface area contributed by atoms with Crippen molar-refractivity contribution in [2.45, 2.75) is 174 Å². The topological polar surface area (TPSA) is 142 Å². The summed E-state index contributed by atoms with van der Waals surface area (Å²) in [6.07, 6.45) is 24.5. The normalized spacial score (nSPS) is 12.5. The molecule has 2 amide bonds. The van der Waals surface area contributed by atoms with Crippen molar-refractivity contribution in [2.75, 3.05) is 13.2 Å². The van der Waals surface area contributed by atoms with Crippen molar-refractivity contribution >= 4 is 23.8 Å². The molecule has 0 aliphatic rings. The maximum absolute atomic E-state index is 12.5. The smallest absolute Gasteiger partial charge is 0.328 e. The first-order chi connectivity index (χ1) is 20.3. The average molecular weight is 599 g/mol. The fraction of sp³-hybridized carbons (Fsp3) is 0.879. The maximum atomic E-state index is 12.5. The monoisotopic (exact) mass is 598 g/mol. The van der Waals surface area contributed by atoms with Crippen molar-refractivity contribution in [2.24, 2.45) is 0 Å². The molecule has 0 saturated heterocycles. The Morgan fingerprint density at radius 2 is 1.07 bits per heavy atom. The number of hydrogen-bond donors (Lipinski definition) is 4. The molecular weight excluding hydrogens is 536 g/mol. The number of aliphatic hydroxyl groups is 1. The number of carboxylic acids is 1. The van der Waals surface area contributed by atoms with Crippen LogP contribution in [0.25, 0.3) is 0 Å². The summed E-state index contributed by atoms with van der Waals surface area (Å²) in [5.41, 5.74) is 0. The van der Waals surface area contributed by atoms with E-state index in [1.807, 2.05) is 0 Å². The molecule has 0 radical (unpaired) electrons. The molecule has 2 unspecified atom stereocenters. The third kappa shape index (κ3) is 25.5. The van der Waals surface area contributed by atoms with E-state index in [0.717, 1.165) is 57.8 Å². The van der Waals surface area contributed by atoms with Crippen molar-refractivity contribution in [3.8, 4) is 0 Å². The summed E-state index contributed by atoms with van der Waals surface area (Å²) in [6, 6.07) is -1.39. The molecular formula is C33H62N2O7. The van der Waals surface area contributed by atoms with Gasteiger partial charge in [0.05, 0.1) is 13.2 Å². The van der Waals surface area contributed by atoms with Crippen molar-refractivity contribution in [1.82, 2.24) is 10.6 Å². The first kappa shape index (κ1) is 39.8. The fourth-order valence-corrected chi connectivity index (χ4v) is 4.95. The van der Waals surface area contributed by atoms with Gasteiger partial charge in [-0.25, -0.2) is 4.79 Å². The number of ether oxygens (including phenoxy) is 1. The molecule has 0 bridgehead atoms. The zero-order valence-corrected chi connectivity index (χ0v) is 26.8. The number of aliphatic carboxylic acids is 1. The van der Waals surface area contributed by atoms with Crippen molar-refractivity contribution in [3.05, 3.63) is 0 Å². The molecule has 0 fully saturated rings. The van der Waals surface area contributed by atoms with Crippen LogP contribution in [0.1, 0.15) is 162 Å². The number of esters is 1. The zero-order valence-electron chi connectivity index (χ0n) is 26.8. The van der Waals surface area contributed by atoms with Gasteiger partial charge >= 0.3 is 11.9 Å². The van der Waals surface area contributed by atoms with Gasteiger partial charge in [0.1, 0.15) is 12.1 Å². The van der Waals surface area contributed by atoms with Gasteiger partial charge in [0.25, 0.3) is 0 Å². The Hall–Kier alpha value is -2.16. The van der Waals surface area contributed by atoms with Crippen LogP contribution in [-0.4, -0.2) is 59.3 Å². The minimum atomic E-state index is -1.39. The van der Waals surface area contributed by atoms with Crippen LogP contribution in [0, 0.1) is 0 Å². The molecule has 0 saturated carbocycles. The lowest BCUT2D eigenvalue weighted by molar-refractivity contribution is -0.150. The number of rotatable bonds is 30. The summed E-state index contributed by atoms with van der Waals surface area (Å²) >= 11 is 0. The molecule has 0 aliphatic heterocycles. The Labute approximate surface area is 255 Å². The number of aliphatic hydroxyl groups excluding tert-OH is 1. The Morgan fingerprint density at radius 1 is 0.619 bits per heavy atom. The summed E-state index contributed by atoms with van der Waals surface area (Å²) < 4.78 is 5.83. The Bertz CT molecular complexity index is 702. The number of carboxylic acid groups (broad SMARTS) is 1. The second-order valence-corrected chi connectivity index (χ2v) is 11.6.